The highest BCUT2D eigenvalue weighted by atomic mass is 28.2. The molecule has 0 saturated carbocycles. The van der Waals surface area contributed by atoms with Gasteiger partial charge in [-0.1, -0.05) is 0 Å². The van der Waals surface area contributed by atoms with Gasteiger partial charge >= 0.3 is 12.4 Å². The lowest BCUT2D eigenvalue weighted by Crippen LogP contribution is -2.33. The Kier molecular flexibility index (Phi) is 4.54. The first-order valence-electron chi connectivity index (χ1n) is 5.13. The lowest BCUT2D eigenvalue weighted by atomic mass is 10.0. The van der Waals surface area contributed by atoms with Crippen molar-refractivity contribution in [2.75, 3.05) is 0 Å². The summed E-state index contributed by atoms with van der Waals surface area (Å²) in [5, 5.41) is 18.3. The summed E-state index contributed by atoms with van der Waals surface area (Å²) >= 11 is 0. The molecule has 0 amide bonds. The van der Waals surface area contributed by atoms with Crippen molar-refractivity contribution >= 4 is 10.5 Å². The van der Waals surface area contributed by atoms with Crippen molar-refractivity contribution < 1.29 is 41.0 Å². The smallest absolute Gasteiger partial charge is 0.380 e. The van der Waals surface area contributed by atoms with Crippen molar-refractivity contribution in [1.82, 2.24) is 0 Å². The Morgan fingerprint density at radius 2 is 1.30 bits per heavy atom. The van der Waals surface area contributed by atoms with Crippen molar-refractivity contribution in [2.45, 2.75) is 24.7 Å². The van der Waals surface area contributed by atoms with Crippen LogP contribution in [0.5, 0.6) is 0 Å². The molecule has 1 aromatic rings. The fourth-order valence-corrected chi connectivity index (χ4v) is 1.60. The zero-order valence-corrected chi connectivity index (χ0v) is 12.0. The number of hydrogen-bond acceptors (Lipinski definition) is 3. The third kappa shape index (κ3) is 4.47. The monoisotopic (exact) mass is 320 g/mol. The Labute approximate surface area is 112 Å². The van der Waals surface area contributed by atoms with E-state index in [4.69, 9.17) is 10.2 Å². The van der Waals surface area contributed by atoms with Gasteiger partial charge in [0.2, 0.25) is 0 Å². The topological polar surface area (TPSA) is 49.7 Å². The normalized spacial score (nSPS) is 13.8. The summed E-state index contributed by atoms with van der Waals surface area (Å²) in [4.78, 5) is 0. The van der Waals surface area contributed by atoms with Gasteiger partial charge in [0.05, 0.1) is 17.5 Å². The molecule has 0 aliphatic heterocycles. The minimum atomic E-state index is -4.98. The van der Waals surface area contributed by atoms with Crippen LogP contribution in [0.2, 0.25) is 0 Å². The van der Waals surface area contributed by atoms with Crippen LogP contribution in [0.15, 0.2) is 18.2 Å². The molecule has 0 aliphatic rings. The number of aliphatic hydroxyl groups is 2. The Morgan fingerprint density at radius 3 is 1.60 bits per heavy atom. The van der Waals surface area contributed by atoms with Gasteiger partial charge in [0.25, 0.3) is 5.97 Å². The highest BCUT2D eigenvalue weighted by molar-refractivity contribution is 5.98. The maximum atomic E-state index is 12.5. The molecule has 1 aromatic carbocycles. The molecular weight excluding hydrogens is 310 g/mol. The van der Waals surface area contributed by atoms with Crippen molar-refractivity contribution in [3.63, 3.8) is 0 Å². The van der Waals surface area contributed by atoms with E-state index in [1.807, 2.05) is 0 Å². The van der Waals surface area contributed by atoms with E-state index in [0.29, 0.717) is 12.1 Å². The van der Waals surface area contributed by atoms with E-state index in [0.717, 1.165) is 0 Å². The fraction of sp³-hybridized carbons (Fsp3) is 0.400. The van der Waals surface area contributed by atoms with E-state index in [-0.39, 0.29) is 16.6 Å². The fourth-order valence-electron chi connectivity index (χ4n) is 1.46. The van der Waals surface area contributed by atoms with Crippen LogP contribution in [-0.4, -0.2) is 26.7 Å². The maximum absolute atomic E-state index is 12.5. The summed E-state index contributed by atoms with van der Waals surface area (Å²) in [6, 6.07) is 0.787. The molecule has 0 atom stereocenters. The summed E-state index contributed by atoms with van der Waals surface area (Å²) in [7, 11) is -0.158. The number of hydrogen-bond donors (Lipinski definition) is 2. The molecule has 20 heavy (non-hydrogen) atoms. The van der Waals surface area contributed by atoms with Gasteiger partial charge in [-0.3, -0.25) is 0 Å². The van der Waals surface area contributed by atoms with Crippen molar-refractivity contribution in [3.05, 3.63) is 34.9 Å². The number of alkyl halides is 6. The predicted molar refractivity (Wildman–Crippen MR) is 58.3 cm³/mol. The average molecular weight is 320 g/mol. The van der Waals surface area contributed by atoms with Gasteiger partial charge in [0, 0.05) is 0 Å². The molecule has 3 nitrogen and oxygen atoms in total. The molecule has 0 saturated heterocycles. The lowest BCUT2D eigenvalue weighted by molar-refractivity contribution is -0.289. The van der Waals surface area contributed by atoms with E-state index >= 15 is 0 Å². The molecule has 1 rings (SSSR count). The number of halogens is 6. The maximum Gasteiger partial charge on any atom is 0.416 e. The van der Waals surface area contributed by atoms with Gasteiger partial charge in [0.15, 0.2) is 10.5 Å². The minimum Gasteiger partial charge on any atom is -0.380 e. The first kappa shape index (κ1) is 16.9. The lowest BCUT2D eigenvalue weighted by Gasteiger charge is -2.21. The van der Waals surface area contributed by atoms with Crippen molar-refractivity contribution in [1.29, 1.82) is 0 Å². The second-order valence-electron chi connectivity index (χ2n) is 4.04. The van der Waals surface area contributed by atoms with Gasteiger partial charge in [-0.25, -0.2) is 0 Å². The number of rotatable bonds is 3. The molecule has 0 spiro atoms. The second-order valence-corrected chi connectivity index (χ2v) is 4.45. The Bertz CT molecular complexity index is 451. The van der Waals surface area contributed by atoms with Crippen molar-refractivity contribution in [3.8, 4) is 0 Å². The van der Waals surface area contributed by atoms with Crippen LogP contribution in [0.25, 0.3) is 0 Å². The SMILES string of the molecule is OC(O)(Cc1cc(C(F)(F)F)cc(C(F)(F)F)c1)O[SiH3]. The quantitative estimate of drug-likeness (QED) is 0.500. The van der Waals surface area contributed by atoms with Crippen LogP contribution in [0.4, 0.5) is 26.3 Å². The van der Waals surface area contributed by atoms with Crippen LogP contribution in [0.1, 0.15) is 16.7 Å². The predicted octanol–water partition coefficient (Wildman–Crippen LogP) is 1.20. The highest BCUT2D eigenvalue weighted by Crippen LogP contribution is 2.36. The second kappa shape index (κ2) is 5.35. The Hall–Kier alpha value is -1.10. The van der Waals surface area contributed by atoms with Gasteiger partial charge in [0.1, 0.15) is 0 Å². The van der Waals surface area contributed by atoms with E-state index < -0.39 is 41.4 Å². The summed E-state index contributed by atoms with van der Waals surface area (Å²) in [6.07, 6.45) is -10.9. The van der Waals surface area contributed by atoms with Gasteiger partial charge in [-0.05, 0) is 23.8 Å². The summed E-state index contributed by atoms with van der Waals surface area (Å²) < 4.78 is 79.5. The van der Waals surface area contributed by atoms with Gasteiger partial charge < -0.3 is 14.6 Å². The molecule has 0 bridgehead atoms. The highest BCUT2D eigenvalue weighted by Gasteiger charge is 2.37. The summed E-state index contributed by atoms with van der Waals surface area (Å²) in [5.41, 5.74) is -3.59. The van der Waals surface area contributed by atoms with E-state index in [1.165, 1.54) is 0 Å². The minimum absolute atomic E-state index is 0.0402. The molecule has 114 valence electrons. The van der Waals surface area contributed by atoms with Crippen LogP contribution >= 0.6 is 0 Å². The average Bonchev–Trinajstić information content (AvgIpc) is 2.25. The van der Waals surface area contributed by atoms with E-state index in [2.05, 4.69) is 4.43 Å². The van der Waals surface area contributed by atoms with E-state index in [1.54, 1.807) is 0 Å². The molecular formula is C10H10F6O3Si. The first-order chi connectivity index (χ1) is 8.85. The molecule has 0 aliphatic carbocycles. The standard InChI is InChI=1S/C10H10F6O3Si/c11-9(12,13)6-1-5(4-8(17,18)19-20)2-7(3-6)10(14,15)16/h1-3,17-18H,4H2,20H3. The molecule has 0 aromatic heterocycles. The number of benzene rings is 1. The molecule has 0 fully saturated rings. The molecule has 2 N–H and O–H groups in total. The first-order valence-corrected chi connectivity index (χ1v) is 5.95. The Balaban J connectivity index is 3.32. The van der Waals surface area contributed by atoms with Gasteiger partial charge in [-0.15, -0.1) is 0 Å². The van der Waals surface area contributed by atoms with Crippen molar-refractivity contribution in [2.24, 2.45) is 0 Å². The Morgan fingerprint density at radius 1 is 0.900 bits per heavy atom. The molecule has 10 heteroatoms. The van der Waals surface area contributed by atoms with Gasteiger partial charge in [-0.2, -0.15) is 26.3 Å². The van der Waals surface area contributed by atoms with Crippen LogP contribution in [-0.2, 0) is 23.2 Å². The zero-order valence-electron chi connectivity index (χ0n) is 10.0. The molecule has 0 heterocycles. The van der Waals surface area contributed by atoms with Crippen LogP contribution in [0.3, 0.4) is 0 Å². The van der Waals surface area contributed by atoms with Crippen LogP contribution < -0.4 is 0 Å². The molecule has 0 radical (unpaired) electrons. The van der Waals surface area contributed by atoms with Crippen LogP contribution in [0, 0.1) is 0 Å². The third-order valence-corrected chi connectivity index (χ3v) is 3.06. The zero-order chi connectivity index (χ0) is 15.8. The third-order valence-electron chi connectivity index (χ3n) is 2.41. The summed E-state index contributed by atoms with van der Waals surface area (Å²) in [6.45, 7) is 0. The summed E-state index contributed by atoms with van der Waals surface area (Å²) in [5.74, 6) is -2.79. The molecule has 0 unspecified atom stereocenters. The van der Waals surface area contributed by atoms with E-state index in [9.17, 15) is 26.3 Å². The largest absolute Gasteiger partial charge is 0.416 e.